The van der Waals surface area contributed by atoms with Crippen molar-refractivity contribution in [3.8, 4) is 0 Å². The van der Waals surface area contributed by atoms with Crippen molar-refractivity contribution in [2.24, 2.45) is 5.73 Å². The minimum absolute atomic E-state index is 0.0772. The van der Waals surface area contributed by atoms with E-state index >= 15 is 0 Å². The van der Waals surface area contributed by atoms with E-state index in [1.165, 1.54) is 44.9 Å². The second kappa shape index (κ2) is 19.9. The number of primary amides is 1. The Balaban J connectivity index is 0. The van der Waals surface area contributed by atoms with Crippen LogP contribution in [0.4, 0.5) is 0 Å². The van der Waals surface area contributed by atoms with Crippen LogP contribution >= 0.6 is 0 Å². The fraction of sp³-hybridized carbons (Fsp3) is 0.882. The maximum Gasteiger partial charge on any atom is 0.317 e. The maximum atomic E-state index is 10.4. The van der Waals surface area contributed by atoms with Crippen molar-refractivity contribution < 1.29 is 14.7 Å². The first-order valence-corrected chi connectivity index (χ1v) is 8.75. The molecule has 0 unspecified atom stereocenters. The zero-order chi connectivity index (χ0) is 17.1. The van der Waals surface area contributed by atoms with E-state index < -0.39 is 5.97 Å². The number of hydrogen-bond donors (Lipinski definition) is 3. The summed E-state index contributed by atoms with van der Waals surface area (Å²) in [6.07, 6.45) is 13.1. The van der Waals surface area contributed by atoms with Crippen LogP contribution in [-0.4, -0.2) is 30.1 Å². The van der Waals surface area contributed by atoms with Crippen molar-refractivity contribution in [3.63, 3.8) is 0 Å². The summed E-state index contributed by atoms with van der Waals surface area (Å²) in [7, 11) is 0. The highest BCUT2D eigenvalue weighted by Crippen LogP contribution is 2.10. The third kappa shape index (κ3) is 27.3. The Labute approximate surface area is 136 Å². The zero-order valence-electron chi connectivity index (χ0n) is 14.5. The molecule has 132 valence electrons. The fourth-order valence-electron chi connectivity index (χ4n) is 1.98. The van der Waals surface area contributed by atoms with Crippen LogP contribution in [0.2, 0.25) is 0 Å². The van der Waals surface area contributed by atoms with Gasteiger partial charge in [-0.05, 0) is 19.4 Å². The quantitative estimate of drug-likeness (QED) is 0.428. The predicted molar refractivity (Wildman–Crippen MR) is 91.8 cm³/mol. The van der Waals surface area contributed by atoms with Gasteiger partial charge in [-0.2, -0.15) is 0 Å². The molecule has 0 atom stereocenters. The van der Waals surface area contributed by atoms with Crippen LogP contribution in [-0.2, 0) is 9.59 Å². The van der Waals surface area contributed by atoms with Gasteiger partial charge < -0.3 is 16.2 Å². The molecule has 0 rings (SSSR count). The number of amides is 1. The molecule has 0 aromatic heterocycles. The Morgan fingerprint density at radius 2 is 1.36 bits per heavy atom. The van der Waals surface area contributed by atoms with Gasteiger partial charge in [0.2, 0.25) is 5.91 Å². The molecule has 0 bridgehead atoms. The molecule has 4 N–H and O–H groups in total. The number of unbranched alkanes of at least 4 members (excludes halogenated alkanes) is 8. The molecule has 0 aliphatic carbocycles. The second-order valence-corrected chi connectivity index (χ2v) is 5.62. The summed E-state index contributed by atoms with van der Waals surface area (Å²) in [5, 5.41) is 10.8. The number of aliphatic carboxylic acids is 1. The monoisotopic (exact) mass is 316 g/mol. The molecule has 0 saturated carbocycles. The first-order valence-electron chi connectivity index (χ1n) is 8.75. The SMILES string of the molecule is CCCCCCCCCCCC(N)=O.CCCNCC(=O)O. The molecule has 5 nitrogen and oxygen atoms in total. The summed E-state index contributed by atoms with van der Waals surface area (Å²) in [6.45, 7) is 5.10. The lowest BCUT2D eigenvalue weighted by Gasteiger charge is -2.00. The van der Waals surface area contributed by atoms with Crippen molar-refractivity contribution in [1.29, 1.82) is 0 Å². The van der Waals surface area contributed by atoms with Crippen LogP contribution in [0, 0.1) is 0 Å². The Kier molecular flexibility index (Phi) is 21.0. The van der Waals surface area contributed by atoms with Crippen LogP contribution in [0.15, 0.2) is 0 Å². The number of carboxylic acid groups (broad SMARTS) is 1. The zero-order valence-corrected chi connectivity index (χ0v) is 14.5. The van der Waals surface area contributed by atoms with Crippen molar-refractivity contribution in [3.05, 3.63) is 0 Å². The fourth-order valence-corrected chi connectivity index (χ4v) is 1.98. The Bertz CT molecular complexity index is 258. The van der Waals surface area contributed by atoms with Crippen LogP contribution in [0.1, 0.15) is 84.5 Å². The lowest BCUT2D eigenvalue weighted by atomic mass is 10.1. The summed E-state index contributed by atoms with van der Waals surface area (Å²) < 4.78 is 0. The Morgan fingerprint density at radius 1 is 0.864 bits per heavy atom. The molecule has 5 heteroatoms. The van der Waals surface area contributed by atoms with E-state index in [9.17, 15) is 9.59 Å². The first kappa shape index (κ1) is 23.2. The standard InChI is InChI=1S/C12H25NO.C5H11NO2/c1-2-3-4-5-6-7-8-9-10-11-12(13)14;1-2-3-6-4-5(7)8/h2-11H2,1H3,(H2,13,14);6H,2-4H2,1H3,(H,7,8). The molecule has 0 heterocycles. The number of hydrogen-bond acceptors (Lipinski definition) is 3. The summed E-state index contributed by atoms with van der Waals surface area (Å²) in [6, 6.07) is 0. The molecule has 0 aromatic rings. The van der Waals surface area contributed by atoms with Gasteiger partial charge in [0.25, 0.3) is 0 Å². The van der Waals surface area contributed by atoms with Crippen LogP contribution in [0.3, 0.4) is 0 Å². The van der Waals surface area contributed by atoms with Crippen LogP contribution in [0.25, 0.3) is 0 Å². The highest BCUT2D eigenvalue weighted by Gasteiger charge is 1.94. The lowest BCUT2D eigenvalue weighted by Crippen LogP contribution is -2.22. The summed E-state index contributed by atoms with van der Waals surface area (Å²) >= 11 is 0. The van der Waals surface area contributed by atoms with Gasteiger partial charge in [0.1, 0.15) is 0 Å². The van der Waals surface area contributed by atoms with E-state index in [1.807, 2.05) is 6.92 Å². The molecule has 0 aliphatic rings. The molecular weight excluding hydrogens is 280 g/mol. The maximum absolute atomic E-state index is 10.4. The molecule has 0 fully saturated rings. The summed E-state index contributed by atoms with van der Waals surface area (Å²) in [5.41, 5.74) is 5.05. The van der Waals surface area contributed by atoms with E-state index in [0.717, 1.165) is 25.8 Å². The molecule has 0 aliphatic heterocycles. The van der Waals surface area contributed by atoms with Gasteiger partial charge in [0.15, 0.2) is 0 Å². The topological polar surface area (TPSA) is 92.4 Å². The number of carboxylic acids is 1. The van der Waals surface area contributed by atoms with Gasteiger partial charge in [-0.3, -0.25) is 9.59 Å². The van der Waals surface area contributed by atoms with E-state index in [2.05, 4.69) is 12.2 Å². The average Bonchev–Trinajstić information content (AvgIpc) is 2.46. The van der Waals surface area contributed by atoms with E-state index in [4.69, 9.17) is 10.8 Å². The van der Waals surface area contributed by atoms with Crippen molar-refractivity contribution in [2.75, 3.05) is 13.1 Å². The van der Waals surface area contributed by atoms with Gasteiger partial charge in [0.05, 0.1) is 6.54 Å². The third-order valence-corrected chi connectivity index (χ3v) is 3.23. The number of nitrogens with one attached hydrogen (secondary N) is 1. The molecule has 0 spiro atoms. The van der Waals surface area contributed by atoms with Crippen molar-refractivity contribution in [1.82, 2.24) is 5.32 Å². The highest BCUT2D eigenvalue weighted by atomic mass is 16.4. The van der Waals surface area contributed by atoms with Crippen LogP contribution < -0.4 is 11.1 Å². The van der Waals surface area contributed by atoms with Crippen molar-refractivity contribution >= 4 is 11.9 Å². The number of carbonyl (C=O) groups excluding carboxylic acids is 1. The highest BCUT2D eigenvalue weighted by molar-refractivity contribution is 5.73. The van der Waals surface area contributed by atoms with Crippen molar-refractivity contribution in [2.45, 2.75) is 84.5 Å². The number of nitrogens with two attached hydrogens (primary N) is 1. The predicted octanol–water partition coefficient (Wildman–Crippen LogP) is 3.46. The van der Waals surface area contributed by atoms with Gasteiger partial charge in [0, 0.05) is 6.42 Å². The molecule has 0 saturated heterocycles. The first-order chi connectivity index (χ1) is 10.5. The molecule has 0 radical (unpaired) electrons. The molecule has 1 amide bonds. The Hall–Kier alpha value is -1.10. The van der Waals surface area contributed by atoms with Gasteiger partial charge >= 0.3 is 5.97 Å². The van der Waals surface area contributed by atoms with Crippen LogP contribution in [0.5, 0.6) is 0 Å². The third-order valence-electron chi connectivity index (χ3n) is 3.23. The van der Waals surface area contributed by atoms with E-state index in [-0.39, 0.29) is 12.5 Å². The number of rotatable bonds is 14. The molecule has 22 heavy (non-hydrogen) atoms. The minimum atomic E-state index is -0.793. The Morgan fingerprint density at radius 3 is 1.77 bits per heavy atom. The number of carbonyl (C=O) groups is 2. The van der Waals surface area contributed by atoms with E-state index in [0.29, 0.717) is 6.42 Å². The van der Waals surface area contributed by atoms with Gasteiger partial charge in [-0.25, -0.2) is 0 Å². The molecular formula is C17H36N2O3. The average molecular weight is 316 g/mol. The van der Waals surface area contributed by atoms with E-state index in [1.54, 1.807) is 0 Å². The largest absolute Gasteiger partial charge is 0.480 e. The normalized spacial score (nSPS) is 9.91. The van der Waals surface area contributed by atoms with Gasteiger partial charge in [-0.1, -0.05) is 65.2 Å². The summed E-state index contributed by atoms with van der Waals surface area (Å²) in [4.78, 5) is 20.2. The lowest BCUT2D eigenvalue weighted by molar-refractivity contribution is -0.136. The smallest absolute Gasteiger partial charge is 0.317 e. The second-order valence-electron chi connectivity index (χ2n) is 5.62. The van der Waals surface area contributed by atoms with Gasteiger partial charge in [-0.15, -0.1) is 0 Å². The minimum Gasteiger partial charge on any atom is -0.480 e. The summed E-state index contributed by atoms with van der Waals surface area (Å²) in [5.74, 6) is -0.952. The molecule has 0 aromatic carbocycles.